The molecule has 0 amide bonds. The Kier molecular flexibility index (Phi) is 3.83. The molecule has 1 aliphatic rings. The zero-order valence-electron chi connectivity index (χ0n) is 12.4. The molecule has 3 nitrogen and oxygen atoms in total. The highest BCUT2D eigenvalue weighted by Crippen LogP contribution is 2.43. The summed E-state index contributed by atoms with van der Waals surface area (Å²) in [6.07, 6.45) is 2.97. The molecule has 1 aliphatic heterocycles. The van der Waals surface area contributed by atoms with E-state index in [0.29, 0.717) is 5.92 Å². The largest absolute Gasteiger partial charge is 0.379 e. The summed E-state index contributed by atoms with van der Waals surface area (Å²) >= 11 is 0. The van der Waals surface area contributed by atoms with Gasteiger partial charge >= 0.3 is 0 Å². The fourth-order valence-corrected chi connectivity index (χ4v) is 3.23. The molecule has 20 heavy (non-hydrogen) atoms. The van der Waals surface area contributed by atoms with Gasteiger partial charge in [-0.3, -0.25) is 5.10 Å². The second-order valence-electron chi connectivity index (χ2n) is 6.36. The summed E-state index contributed by atoms with van der Waals surface area (Å²) in [5.41, 5.74) is 6.43. The van der Waals surface area contributed by atoms with Crippen LogP contribution in [0.1, 0.15) is 44.2 Å². The number of halogens is 1. The van der Waals surface area contributed by atoms with Crippen molar-refractivity contribution in [3.63, 3.8) is 0 Å². The minimum Gasteiger partial charge on any atom is -0.379 e. The highest BCUT2D eigenvalue weighted by atomic mass is 35.5. The first-order valence-electron chi connectivity index (χ1n) is 6.89. The fraction of sp³-hybridized carbons (Fsp3) is 0.438. The molecule has 2 N–H and O–H groups in total. The van der Waals surface area contributed by atoms with Crippen LogP contribution in [0.5, 0.6) is 0 Å². The number of fused-ring (bicyclic) bond motifs is 1. The van der Waals surface area contributed by atoms with E-state index >= 15 is 0 Å². The molecule has 0 bridgehead atoms. The van der Waals surface area contributed by atoms with Gasteiger partial charge in [0, 0.05) is 23.0 Å². The van der Waals surface area contributed by atoms with Crippen LogP contribution >= 0.6 is 12.4 Å². The van der Waals surface area contributed by atoms with Crippen LogP contribution in [0.3, 0.4) is 0 Å². The number of H-pyrrole nitrogens is 1. The van der Waals surface area contributed by atoms with Gasteiger partial charge < -0.3 is 5.32 Å². The van der Waals surface area contributed by atoms with Crippen LogP contribution in [0.15, 0.2) is 24.4 Å². The number of rotatable bonds is 1. The molecule has 1 atom stereocenters. The molecule has 0 spiro atoms. The number of hydrogen-bond donors (Lipinski definition) is 2. The number of aromatic amines is 1. The van der Waals surface area contributed by atoms with Crippen molar-refractivity contribution < 1.29 is 0 Å². The normalized spacial score (nSPS) is 19.7. The van der Waals surface area contributed by atoms with Gasteiger partial charge in [-0.1, -0.05) is 18.6 Å². The van der Waals surface area contributed by atoms with E-state index in [4.69, 9.17) is 0 Å². The predicted molar refractivity (Wildman–Crippen MR) is 86.7 cm³/mol. The average molecular weight is 292 g/mol. The van der Waals surface area contributed by atoms with Crippen LogP contribution in [-0.4, -0.2) is 15.7 Å². The van der Waals surface area contributed by atoms with Crippen LogP contribution in [0.2, 0.25) is 0 Å². The van der Waals surface area contributed by atoms with Gasteiger partial charge in [-0.15, -0.1) is 12.4 Å². The van der Waals surface area contributed by atoms with Gasteiger partial charge in [0.2, 0.25) is 0 Å². The van der Waals surface area contributed by atoms with E-state index in [2.05, 4.69) is 55.3 Å². The zero-order valence-corrected chi connectivity index (χ0v) is 13.3. The molecule has 4 heteroatoms. The number of aryl methyl sites for hydroxylation is 1. The lowest BCUT2D eigenvalue weighted by molar-refractivity contribution is 0.454. The Balaban J connectivity index is 0.00000147. The zero-order chi connectivity index (χ0) is 13.6. The SMILES string of the molecule is Cc1cc(-c2ccn[nH]2)c2c(c1)C(C)CC(C)(C)N2.Cl. The molecular weight excluding hydrogens is 270 g/mol. The van der Waals surface area contributed by atoms with Crippen molar-refractivity contribution in [1.29, 1.82) is 0 Å². The maximum absolute atomic E-state index is 4.08. The van der Waals surface area contributed by atoms with Crippen molar-refractivity contribution in [2.75, 3.05) is 5.32 Å². The fourth-order valence-electron chi connectivity index (χ4n) is 3.23. The third kappa shape index (κ3) is 2.55. The van der Waals surface area contributed by atoms with Crippen LogP contribution in [-0.2, 0) is 0 Å². The summed E-state index contributed by atoms with van der Waals surface area (Å²) in [7, 11) is 0. The summed E-state index contributed by atoms with van der Waals surface area (Å²) in [5, 5.41) is 10.9. The first-order chi connectivity index (χ1) is 8.96. The van der Waals surface area contributed by atoms with Crippen LogP contribution in [0.4, 0.5) is 5.69 Å². The molecule has 3 rings (SSSR count). The number of anilines is 1. The minimum absolute atomic E-state index is 0. The van der Waals surface area contributed by atoms with E-state index in [1.165, 1.54) is 22.4 Å². The lowest BCUT2D eigenvalue weighted by Gasteiger charge is -2.39. The quantitative estimate of drug-likeness (QED) is 0.812. The maximum atomic E-state index is 4.08. The van der Waals surface area contributed by atoms with Crippen LogP contribution in [0, 0.1) is 6.92 Å². The smallest absolute Gasteiger partial charge is 0.0671 e. The van der Waals surface area contributed by atoms with Gasteiger partial charge in [-0.05, 0) is 50.8 Å². The molecule has 0 aliphatic carbocycles. The van der Waals surface area contributed by atoms with Gasteiger partial charge in [0.05, 0.1) is 5.69 Å². The van der Waals surface area contributed by atoms with Gasteiger partial charge in [0.15, 0.2) is 0 Å². The van der Waals surface area contributed by atoms with Crippen molar-refractivity contribution in [2.45, 2.75) is 45.6 Å². The summed E-state index contributed by atoms with van der Waals surface area (Å²) in [6.45, 7) is 9.01. The Morgan fingerprint density at radius 3 is 2.70 bits per heavy atom. The van der Waals surface area contributed by atoms with E-state index in [9.17, 15) is 0 Å². The highest BCUT2D eigenvalue weighted by Gasteiger charge is 2.31. The predicted octanol–water partition coefficient (Wildman–Crippen LogP) is 4.50. The molecule has 2 heterocycles. The lowest BCUT2D eigenvalue weighted by atomic mass is 9.80. The molecule has 0 radical (unpaired) electrons. The van der Waals surface area contributed by atoms with Crippen molar-refractivity contribution in [3.8, 4) is 11.3 Å². The average Bonchev–Trinajstić information content (AvgIpc) is 2.82. The Bertz CT molecular complexity index is 602. The number of nitrogens with one attached hydrogen (secondary N) is 2. The number of hydrogen-bond acceptors (Lipinski definition) is 2. The Morgan fingerprint density at radius 2 is 2.05 bits per heavy atom. The highest BCUT2D eigenvalue weighted by molar-refractivity contribution is 5.85. The van der Waals surface area contributed by atoms with Gasteiger partial charge in [-0.2, -0.15) is 5.10 Å². The standard InChI is InChI=1S/C16H21N3.ClH/c1-10-7-12-11(2)9-16(3,4)18-15(12)13(8-10)14-5-6-17-19-14;/h5-8,11,18H,9H2,1-4H3,(H,17,19);1H. The first kappa shape index (κ1) is 14.9. The summed E-state index contributed by atoms with van der Waals surface area (Å²) in [6, 6.07) is 6.57. The molecule has 2 aromatic rings. The Labute approximate surface area is 126 Å². The second-order valence-corrected chi connectivity index (χ2v) is 6.36. The second kappa shape index (κ2) is 5.13. The molecule has 0 fully saturated rings. The van der Waals surface area contributed by atoms with E-state index < -0.39 is 0 Å². The monoisotopic (exact) mass is 291 g/mol. The molecule has 1 aromatic heterocycles. The van der Waals surface area contributed by atoms with Crippen molar-refractivity contribution in [1.82, 2.24) is 10.2 Å². The van der Waals surface area contributed by atoms with Gasteiger partial charge in [0.1, 0.15) is 0 Å². The number of benzene rings is 1. The van der Waals surface area contributed by atoms with Gasteiger partial charge in [0.25, 0.3) is 0 Å². The summed E-state index contributed by atoms with van der Waals surface area (Å²) in [5.74, 6) is 0.577. The summed E-state index contributed by atoms with van der Waals surface area (Å²) < 4.78 is 0. The molecular formula is C16H22ClN3. The number of nitrogens with zero attached hydrogens (tertiary/aromatic N) is 1. The van der Waals surface area contributed by atoms with E-state index in [-0.39, 0.29) is 17.9 Å². The van der Waals surface area contributed by atoms with Crippen LogP contribution < -0.4 is 5.32 Å². The third-order valence-electron chi connectivity index (χ3n) is 3.91. The minimum atomic E-state index is 0. The van der Waals surface area contributed by atoms with Crippen molar-refractivity contribution in [3.05, 3.63) is 35.5 Å². The molecule has 1 aromatic carbocycles. The molecule has 0 saturated heterocycles. The van der Waals surface area contributed by atoms with Gasteiger partial charge in [-0.25, -0.2) is 0 Å². The van der Waals surface area contributed by atoms with Crippen molar-refractivity contribution in [2.24, 2.45) is 0 Å². The van der Waals surface area contributed by atoms with E-state index in [1.807, 2.05) is 12.3 Å². The number of aromatic nitrogens is 2. The maximum Gasteiger partial charge on any atom is 0.0671 e. The van der Waals surface area contributed by atoms with Crippen molar-refractivity contribution >= 4 is 18.1 Å². The lowest BCUT2D eigenvalue weighted by Crippen LogP contribution is -2.37. The molecule has 0 saturated carbocycles. The first-order valence-corrected chi connectivity index (χ1v) is 6.89. The van der Waals surface area contributed by atoms with E-state index in [1.54, 1.807) is 0 Å². The molecule has 1 unspecified atom stereocenters. The van der Waals surface area contributed by atoms with Crippen LogP contribution in [0.25, 0.3) is 11.3 Å². The Morgan fingerprint density at radius 1 is 1.30 bits per heavy atom. The summed E-state index contributed by atoms with van der Waals surface area (Å²) in [4.78, 5) is 0. The molecule has 108 valence electrons. The van der Waals surface area contributed by atoms with E-state index in [0.717, 1.165) is 12.1 Å². The third-order valence-corrected chi connectivity index (χ3v) is 3.91. The topological polar surface area (TPSA) is 40.7 Å². The Hall–Kier alpha value is -1.48.